The van der Waals surface area contributed by atoms with Crippen LogP contribution in [0.5, 0.6) is 0 Å². The summed E-state index contributed by atoms with van der Waals surface area (Å²) in [5.74, 6) is -0.0574. The van der Waals surface area contributed by atoms with Gasteiger partial charge in [-0.15, -0.1) is 0 Å². The lowest BCUT2D eigenvalue weighted by Crippen LogP contribution is -2.44. The molecule has 1 N–H and O–H groups in total. The number of hydrogen-bond acceptors (Lipinski definition) is 2. The summed E-state index contributed by atoms with van der Waals surface area (Å²) in [4.78, 5) is 2.20. The number of likely N-dealkylation sites (N-methyl/N-ethyl adjacent to an activating group) is 1. The quantitative estimate of drug-likeness (QED) is 0.756. The molecule has 2 rings (SSSR count). The Morgan fingerprint density at radius 3 is 3.00 bits per heavy atom. The fourth-order valence-corrected chi connectivity index (χ4v) is 2.08. The number of nitrogens with one attached hydrogen (secondary N) is 1. The third kappa shape index (κ3) is 2.03. The first-order valence-electron chi connectivity index (χ1n) is 5.36. The normalized spacial score (nSPS) is 23.0. The van der Waals surface area contributed by atoms with Crippen LogP contribution in [0, 0.1) is 12.7 Å². The van der Waals surface area contributed by atoms with Gasteiger partial charge in [-0.2, -0.15) is 0 Å². The summed E-state index contributed by atoms with van der Waals surface area (Å²) >= 11 is 0. The number of nitrogens with zero attached hydrogens (tertiary/aromatic N) is 1. The van der Waals surface area contributed by atoms with Gasteiger partial charge in [0, 0.05) is 31.2 Å². The largest absolute Gasteiger partial charge is 0.314 e. The Kier molecular flexibility index (Phi) is 3.03. The van der Waals surface area contributed by atoms with Gasteiger partial charge in [-0.1, -0.05) is 18.2 Å². The van der Waals surface area contributed by atoms with E-state index >= 15 is 0 Å². The maximum Gasteiger partial charge on any atom is 0.130 e. The van der Waals surface area contributed by atoms with Crippen molar-refractivity contribution >= 4 is 0 Å². The minimum absolute atomic E-state index is 0.0574. The third-order valence-corrected chi connectivity index (χ3v) is 3.09. The Balaban J connectivity index is 2.31. The van der Waals surface area contributed by atoms with E-state index in [2.05, 4.69) is 10.2 Å². The molecule has 1 fully saturated rings. The van der Waals surface area contributed by atoms with Crippen molar-refractivity contribution in [3.8, 4) is 0 Å². The van der Waals surface area contributed by atoms with Crippen LogP contribution in [0.4, 0.5) is 4.39 Å². The summed E-state index contributed by atoms with van der Waals surface area (Å²) in [6.45, 7) is 4.60. The molecule has 82 valence electrons. The molecule has 0 radical (unpaired) electrons. The second-order valence-corrected chi connectivity index (χ2v) is 4.18. The Labute approximate surface area is 90.1 Å². The monoisotopic (exact) mass is 208 g/mol. The topological polar surface area (TPSA) is 15.3 Å². The third-order valence-electron chi connectivity index (χ3n) is 3.09. The number of hydrogen-bond donors (Lipinski definition) is 1. The van der Waals surface area contributed by atoms with Gasteiger partial charge >= 0.3 is 0 Å². The van der Waals surface area contributed by atoms with Crippen molar-refractivity contribution in [3.63, 3.8) is 0 Å². The molecule has 2 nitrogen and oxygen atoms in total. The second-order valence-electron chi connectivity index (χ2n) is 4.18. The van der Waals surface area contributed by atoms with Crippen LogP contribution < -0.4 is 5.32 Å². The molecule has 1 aromatic carbocycles. The van der Waals surface area contributed by atoms with E-state index in [1.165, 1.54) is 0 Å². The van der Waals surface area contributed by atoms with Crippen molar-refractivity contribution in [1.29, 1.82) is 0 Å². The maximum absolute atomic E-state index is 13.9. The van der Waals surface area contributed by atoms with Crippen molar-refractivity contribution in [3.05, 3.63) is 35.1 Å². The lowest BCUT2D eigenvalue weighted by molar-refractivity contribution is 0.198. The van der Waals surface area contributed by atoms with E-state index in [9.17, 15) is 4.39 Å². The summed E-state index contributed by atoms with van der Waals surface area (Å²) in [5.41, 5.74) is 1.54. The first-order valence-corrected chi connectivity index (χ1v) is 5.36. The summed E-state index contributed by atoms with van der Waals surface area (Å²) in [7, 11) is 2.05. The smallest absolute Gasteiger partial charge is 0.130 e. The highest BCUT2D eigenvalue weighted by molar-refractivity contribution is 5.28. The van der Waals surface area contributed by atoms with Crippen LogP contribution in [0.2, 0.25) is 0 Å². The highest BCUT2D eigenvalue weighted by atomic mass is 19.1. The van der Waals surface area contributed by atoms with E-state index in [1.807, 2.05) is 32.2 Å². The maximum atomic E-state index is 13.9. The van der Waals surface area contributed by atoms with E-state index in [1.54, 1.807) is 0 Å². The molecule has 1 heterocycles. The average molecular weight is 208 g/mol. The molecule has 1 atom stereocenters. The number of benzene rings is 1. The highest BCUT2D eigenvalue weighted by Crippen LogP contribution is 2.24. The van der Waals surface area contributed by atoms with Crippen LogP contribution in [0.15, 0.2) is 18.2 Å². The summed E-state index contributed by atoms with van der Waals surface area (Å²) < 4.78 is 13.9. The summed E-state index contributed by atoms with van der Waals surface area (Å²) in [5, 5.41) is 3.30. The van der Waals surface area contributed by atoms with Gasteiger partial charge in [-0.05, 0) is 19.5 Å². The van der Waals surface area contributed by atoms with Crippen molar-refractivity contribution in [2.24, 2.45) is 0 Å². The predicted molar refractivity (Wildman–Crippen MR) is 59.4 cm³/mol. The fourth-order valence-electron chi connectivity index (χ4n) is 2.08. The van der Waals surface area contributed by atoms with Crippen LogP contribution >= 0.6 is 0 Å². The van der Waals surface area contributed by atoms with Crippen molar-refractivity contribution in [2.45, 2.75) is 13.0 Å². The Morgan fingerprint density at radius 2 is 2.27 bits per heavy atom. The standard InChI is InChI=1S/C12H17FN2/c1-9-4-3-5-10(12(9)13)11-8-14-6-7-15(11)2/h3-5,11,14H,6-8H2,1-2H3. The van der Waals surface area contributed by atoms with Gasteiger partial charge in [-0.3, -0.25) is 4.90 Å². The zero-order chi connectivity index (χ0) is 10.8. The van der Waals surface area contributed by atoms with Gasteiger partial charge in [-0.25, -0.2) is 4.39 Å². The van der Waals surface area contributed by atoms with Gasteiger partial charge in [0.05, 0.1) is 0 Å². The fraction of sp³-hybridized carbons (Fsp3) is 0.500. The Hall–Kier alpha value is -0.930. The summed E-state index contributed by atoms with van der Waals surface area (Å²) in [6.07, 6.45) is 0. The predicted octanol–water partition coefficient (Wildman–Crippen LogP) is 1.71. The molecule has 0 spiro atoms. The molecule has 3 heteroatoms. The van der Waals surface area contributed by atoms with Gasteiger partial charge in [0.1, 0.15) is 5.82 Å². The lowest BCUT2D eigenvalue weighted by atomic mass is 10.0. The van der Waals surface area contributed by atoms with Gasteiger partial charge in [0.15, 0.2) is 0 Å². The number of halogens is 1. The Bertz CT molecular complexity index is 351. The molecule has 1 aliphatic rings. The highest BCUT2D eigenvalue weighted by Gasteiger charge is 2.23. The molecule has 0 aromatic heterocycles. The van der Waals surface area contributed by atoms with Crippen LogP contribution in [-0.4, -0.2) is 31.6 Å². The van der Waals surface area contributed by atoms with Crippen LogP contribution in [0.3, 0.4) is 0 Å². The van der Waals surface area contributed by atoms with E-state index in [-0.39, 0.29) is 11.9 Å². The zero-order valence-corrected chi connectivity index (χ0v) is 9.26. The molecule has 1 saturated heterocycles. The van der Waals surface area contributed by atoms with E-state index in [4.69, 9.17) is 0 Å². The molecular weight excluding hydrogens is 191 g/mol. The molecule has 1 unspecified atom stereocenters. The molecule has 0 saturated carbocycles. The minimum atomic E-state index is -0.0574. The van der Waals surface area contributed by atoms with Crippen molar-refractivity contribution in [2.75, 3.05) is 26.7 Å². The molecule has 15 heavy (non-hydrogen) atoms. The minimum Gasteiger partial charge on any atom is -0.314 e. The van der Waals surface area contributed by atoms with Crippen molar-refractivity contribution in [1.82, 2.24) is 10.2 Å². The molecule has 1 aliphatic heterocycles. The molecule has 1 aromatic rings. The summed E-state index contributed by atoms with van der Waals surface area (Å²) in [6, 6.07) is 5.79. The first kappa shape index (κ1) is 10.6. The van der Waals surface area contributed by atoms with Crippen LogP contribution in [0.1, 0.15) is 17.2 Å². The average Bonchev–Trinajstić information content (AvgIpc) is 2.23. The van der Waals surface area contributed by atoms with E-state index in [0.29, 0.717) is 0 Å². The number of aryl methyl sites for hydroxylation is 1. The van der Waals surface area contributed by atoms with Gasteiger partial charge in [0.2, 0.25) is 0 Å². The van der Waals surface area contributed by atoms with E-state index in [0.717, 1.165) is 30.8 Å². The Morgan fingerprint density at radius 1 is 1.47 bits per heavy atom. The van der Waals surface area contributed by atoms with Gasteiger partial charge < -0.3 is 5.32 Å². The van der Waals surface area contributed by atoms with Crippen molar-refractivity contribution < 1.29 is 4.39 Å². The molecular formula is C12H17FN2. The van der Waals surface area contributed by atoms with Crippen LogP contribution in [0.25, 0.3) is 0 Å². The second kappa shape index (κ2) is 4.29. The lowest BCUT2D eigenvalue weighted by Gasteiger charge is -2.33. The number of rotatable bonds is 1. The zero-order valence-electron chi connectivity index (χ0n) is 9.26. The molecule has 0 aliphatic carbocycles. The van der Waals surface area contributed by atoms with E-state index < -0.39 is 0 Å². The SMILES string of the molecule is Cc1cccc(C2CNCCN2C)c1F. The van der Waals surface area contributed by atoms with Gasteiger partial charge in [0.25, 0.3) is 0 Å². The first-order chi connectivity index (χ1) is 7.20. The van der Waals surface area contributed by atoms with Crippen LogP contribution in [-0.2, 0) is 0 Å². The molecule has 0 bridgehead atoms. The molecule has 0 amide bonds. The number of piperazine rings is 1.